The zero-order chi connectivity index (χ0) is 11.7. The Bertz CT molecular complexity index is 211. The van der Waals surface area contributed by atoms with Crippen molar-refractivity contribution in [3.05, 3.63) is 0 Å². The van der Waals surface area contributed by atoms with Gasteiger partial charge in [0.2, 0.25) is 0 Å². The van der Waals surface area contributed by atoms with E-state index < -0.39 is 18.3 Å². The third kappa shape index (κ3) is 4.84. The molecule has 0 amide bonds. The Hall–Kier alpha value is -0.290. The molecule has 1 rings (SSSR count). The van der Waals surface area contributed by atoms with Gasteiger partial charge < -0.3 is 5.11 Å². The van der Waals surface area contributed by atoms with Gasteiger partial charge in [-0.2, -0.15) is 13.2 Å². The van der Waals surface area contributed by atoms with Gasteiger partial charge in [0, 0.05) is 12.6 Å². The van der Waals surface area contributed by atoms with E-state index in [2.05, 4.69) is 0 Å². The second kappa shape index (κ2) is 4.29. The molecule has 0 aromatic carbocycles. The average Bonchev–Trinajstić information content (AvgIpc) is 2.82. The fraction of sp³-hybridized carbons (Fsp3) is 1.00. The maximum absolute atomic E-state index is 12.2. The van der Waals surface area contributed by atoms with Crippen molar-refractivity contribution in [3.63, 3.8) is 0 Å². The SMILES string of the molecule is CCC(C)(O)CN(CC(F)(F)F)C1CC1. The van der Waals surface area contributed by atoms with Crippen LogP contribution in [0.25, 0.3) is 0 Å². The second-order valence-corrected chi connectivity index (χ2v) is 4.60. The van der Waals surface area contributed by atoms with Crippen LogP contribution in [0.15, 0.2) is 0 Å². The van der Waals surface area contributed by atoms with Crippen LogP contribution in [0, 0.1) is 0 Å². The number of hydrogen-bond acceptors (Lipinski definition) is 2. The van der Waals surface area contributed by atoms with E-state index in [-0.39, 0.29) is 12.6 Å². The molecule has 1 aliphatic rings. The highest BCUT2D eigenvalue weighted by Gasteiger charge is 2.40. The fourth-order valence-corrected chi connectivity index (χ4v) is 1.53. The highest BCUT2D eigenvalue weighted by atomic mass is 19.4. The molecule has 15 heavy (non-hydrogen) atoms. The molecule has 0 heterocycles. The average molecular weight is 225 g/mol. The molecule has 1 aliphatic carbocycles. The van der Waals surface area contributed by atoms with Gasteiger partial charge in [0.25, 0.3) is 0 Å². The summed E-state index contributed by atoms with van der Waals surface area (Å²) in [5.41, 5.74) is -1.02. The van der Waals surface area contributed by atoms with Gasteiger partial charge in [0.15, 0.2) is 0 Å². The van der Waals surface area contributed by atoms with E-state index >= 15 is 0 Å². The first kappa shape index (κ1) is 12.8. The predicted molar refractivity (Wildman–Crippen MR) is 51.6 cm³/mol. The smallest absolute Gasteiger partial charge is 0.389 e. The van der Waals surface area contributed by atoms with Gasteiger partial charge in [-0.1, -0.05) is 6.92 Å². The molecular weight excluding hydrogens is 207 g/mol. The van der Waals surface area contributed by atoms with E-state index in [4.69, 9.17) is 0 Å². The van der Waals surface area contributed by atoms with Gasteiger partial charge in [-0.05, 0) is 26.2 Å². The molecule has 1 saturated carbocycles. The van der Waals surface area contributed by atoms with Crippen LogP contribution in [-0.4, -0.2) is 40.9 Å². The minimum atomic E-state index is -4.17. The van der Waals surface area contributed by atoms with E-state index in [0.717, 1.165) is 12.8 Å². The molecule has 0 saturated heterocycles. The first-order chi connectivity index (χ1) is 6.73. The molecule has 1 fully saturated rings. The summed E-state index contributed by atoms with van der Waals surface area (Å²) in [5.74, 6) is 0. The summed E-state index contributed by atoms with van der Waals surface area (Å²) in [6.45, 7) is 2.55. The third-order valence-corrected chi connectivity index (χ3v) is 2.75. The van der Waals surface area contributed by atoms with Crippen molar-refractivity contribution in [1.82, 2.24) is 4.90 Å². The minimum absolute atomic E-state index is 0.0182. The summed E-state index contributed by atoms with van der Waals surface area (Å²) >= 11 is 0. The van der Waals surface area contributed by atoms with Gasteiger partial charge in [0.1, 0.15) is 0 Å². The second-order valence-electron chi connectivity index (χ2n) is 4.60. The van der Waals surface area contributed by atoms with Gasteiger partial charge in [-0.25, -0.2) is 0 Å². The van der Waals surface area contributed by atoms with E-state index in [0.29, 0.717) is 6.42 Å². The molecule has 0 aromatic rings. The number of hydrogen-bond donors (Lipinski definition) is 1. The molecule has 1 N–H and O–H groups in total. The molecule has 0 radical (unpaired) electrons. The van der Waals surface area contributed by atoms with Crippen molar-refractivity contribution in [2.24, 2.45) is 0 Å². The first-order valence-electron chi connectivity index (χ1n) is 5.27. The summed E-state index contributed by atoms with van der Waals surface area (Å²) in [6.07, 6.45) is -2.08. The zero-order valence-corrected chi connectivity index (χ0v) is 9.14. The molecule has 0 bridgehead atoms. The van der Waals surface area contributed by atoms with Crippen LogP contribution in [0.1, 0.15) is 33.1 Å². The molecule has 90 valence electrons. The third-order valence-electron chi connectivity index (χ3n) is 2.75. The Morgan fingerprint density at radius 3 is 2.13 bits per heavy atom. The van der Waals surface area contributed by atoms with Gasteiger partial charge in [0.05, 0.1) is 12.1 Å². The van der Waals surface area contributed by atoms with Gasteiger partial charge >= 0.3 is 6.18 Å². The van der Waals surface area contributed by atoms with Gasteiger partial charge in [-0.3, -0.25) is 4.90 Å². The summed E-state index contributed by atoms with van der Waals surface area (Å²) in [4.78, 5) is 1.35. The minimum Gasteiger partial charge on any atom is -0.389 e. The van der Waals surface area contributed by atoms with Crippen molar-refractivity contribution in [1.29, 1.82) is 0 Å². The largest absolute Gasteiger partial charge is 0.401 e. The summed E-state index contributed by atoms with van der Waals surface area (Å²) in [7, 11) is 0. The number of halogens is 3. The summed E-state index contributed by atoms with van der Waals surface area (Å²) in [6, 6.07) is 0.0182. The van der Waals surface area contributed by atoms with Crippen molar-refractivity contribution in [2.75, 3.05) is 13.1 Å². The molecule has 1 unspecified atom stereocenters. The lowest BCUT2D eigenvalue weighted by Gasteiger charge is -2.31. The van der Waals surface area contributed by atoms with Crippen molar-refractivity contribution < 1.29 is 18.3 Å². The number of nitrogens with zero attached hydrogens (tertiary/aromatic N) is 1. The summed E-state index contributed by atoms with van der Waals surface area (Å²) < 4.78 is 36.7. The van der Waals surface area contributed by atoms with Crippen LogP contribution >= 0.6 is 0 Å². The Morgan fingerprint density at radius 1 is 1.27 bits per heavy atom. The molecular formula is C10H18F3NO. The van der Waals surface area contributed by atoms with E-state index in [1.165, 1.54) is 4.90 Å². The van der Waals surface area contributed by atoms with Crippen LogP contribution in [0.2, 0.25) is 0 Å². The monoisotopic (exact) mass is 225 g/mol. The Morgan fingerprint density at radius 2 is 1.80 bits per heavy atom. The molecule has 1 atom stereocenters. The quantitative estimate of drug-likeness (QED) is 0.775. The first-order valence-corrected chi connectivity index (χ1v) is 5.27. The van der Waals surface area contributed by atoms with Crippen molar-refractivity contribution in [3.8, 4) is 0 Å². The number of rotatable bonds is 5. The molecule has 0 spiro atoms. The molecule has 0 aromatic heterocycles. The topological polar surface area (TPSA) is 23.5 Å². The molecule has 0 aliphatic heterocycles. The highest BCUT2D eigenvalue weighted by Crippen LogP contribution is 2.31. The van der Waals surface area contributed by atoms with E-state index in [1.54, 1.807) is 13.8 Å². The fourth-order valence-electron chi connectivity index (χ4n) is 1.53. The lowest BCUT2D eigenvalue weighted by atomic mass is 10.0. The summed E-state index contributed by atoms with van der Waals surface area (Å²) in [5, 5.41) is 9.76. The van der Waals surface area contributed by atoms with Crippen LogP contribution in [0.3, 0.4) is 0 Å². The predicted octanol–water partition coefficient (Wildman–Crippen LogP) is 2.17. The van der Waals surface area contributed by atoms with E-state index in [1.807, 2.05) is 0 Å². The number of alkyl halides is 3. The van der Waals surface area contributed by atoms with Gasteiger partial charge in [-0.15, -0.1) is 0 Å². The van der Waals surface area contributed by atoms with Crippen LogP contribution in [0.5, 0.6) is 0 Å². The van der Waals surface area contributed by atoms with Crippen LogP contribution in [-0.2, 0) is 0 Å². The van der Waals surface area contributed by atoms with E-state index in [9.17, 15) is 18.3 Å². The Balaban J connectivity index is 2.51. The number of aliphatic hydroxyl groups is 1. The zero-order valence-electron chi connectivity index (χ0n) is 9.14. The van der Waals surface area contributed by atoms with Crippen LogP contribution < -0.4 is 0 Å². The highest BCUT2D eigenvalue weighted by molar-refractivity contribution is 4.89. The molecule has 5 heteroatoms. The van der Waals surface area contributed by atoms with Crippen molar-refractivity contribution >= 4 is 0 Å². The molecule has 2 nitrogen and oxygen atoms in total. The maximum atomic E-state index is 12.2. The lowest BCUT2D eigenvalue weighted by molar-refractivity contribution is -0.153. The Kier molecular flexibility index (Phi) is 3.66. The standard InChI is InChI=1S/C10H18F3NO/c1-3-9(2,15)6-14(8-4-5-8)7-10(11,12)13/h8,15H,3-7H2,1-2H3. The maximum Gasteiger partial charge on any atom is 0.401 e. The van der Waals surface area contributed by atoms with Crippen molar-refractivity contribution in [2.45, 2.75) is 50.9 Å². The Labute approximate surface area is 88.1 Å². The normalized spacial score (nSPS) is 21.8. The van der Waals surface area contributed by atoms with Crippen LogP contribution in [0.4, 0.5) is 13.2 Å². The lowest BCUT2D eigenvalue weighted by Crippen LogP contribution is -2.45.